The van der Waals surface area contributed by atoms with Crippen molar-refractivity contribution in [2.45, 2.75) is 13.0 Å². The maximum atomic E-state index is 12.4. The molecule has 2 aromatic rings. The quantitative estimate of drug-likeness (QED) is 0.560. The number of methoxy groups -OCH3 is 3. The minimum atomic E-state index is -0.408. The van der Waals surface area contributed by atoms with E-state index in [0.29, 0.717) is 35.8 Å². The summed E-state index contributed by atoms with van der Waals surface area (Å²) in [6.45, 7) is 0.717. The SMILES string of the molecule is COC(=O)CN(CCC(=O)Nc1ccc(C#N)c(Cl)c1)Cc1cc(OC)cc(OC)c1. The summed E-state index contributed by atoms with van der Waals surface area (Å²) in [6, 6.07) is 12.1. The number of rotatable bonds is 10. The van der Waals surface area contributed by atoms with Crippen LogP contribution in [-0.2, 0) is 20.9 Å². The number of halogens is 1. The van der Waals surface area contributed by atoms with Crippen molar-refractivity contribution in [1.82, 2.24) is 4.90 Å². The molecule has 0 radical (unpaired) electrons. The smallest absolute Gasteiger partial charge is 0.319 e. The fourth-order valence-corrected chi connectivity index (χ4v) is 3.07. The lowest BCUT2D eigenvalue weighted by Crippen LogP contribution is -2.33. The number of nitriles is 1. The fraction of sp³-hybridized carbons (Fsp3) is 0.318. The van der Waals surface area contributed by atoms with Crippen molar-refractivity contribution >= 4 is 29.2 Å². The molecule has 8 nitrogen and oxygen atoms in total. The number of ether oxygens (including phenoxy) is 3. The molecular formula is C22H24ClN3O5. The van der Waals surface area contributed by atoms with Gasteiger partial charge in [-0.3, -0.25) is 14.5 Å². The molecule has 0 aliphatic rings. The zero-order valence-electron chi connectivity index (χ0n) is 17.6. The van der Waals surface area contributed by atoms with Crippen molar-refractivity contribution in [3.8, 4) is 17.6 Å². The van der Waals surface area contributed by atoms with Crippen molar-refractivity contribution in [1.29, 1.82) is 5.26 Å². The van der Waals surface area contributed by atoms with E-state index in [0.717, 1.165) is 5.56 Å². The Morgan fingerprint density at radius 3 is 2.32 bits per heavy atom. The molecule has 1 N–H and O–H groups in total. The van der Waals surface area contributed by atoms with Crippen LogP contribution in [0.4, 0.5) is 5.69 Å². The Morgan fingerprint density at radius 1 is 1.10 bits per heavy atom. The van der Waals surface area contributed by atoms with Gasteiger partial charge in [-0.25, -0.2) is 0 Å². The van der Waals surface area contributed by atoms with Crippen molar-refractivity contribution in [2.24, 2.45) is 0 Å². The Labute approximate surface area is 186 Å². The number of nitrogens with one attached hydrogen (secondary N) is 1. The third-order valence-electron chi connectivity index (χ3n) is 4.43. The highest BCUT2D eigenvalue weighted by molar-refractivity contribution is 6.32. The standard InChI is InChI=1S/C22H24ClN3O5/c1-29-18-8-15(9-19(11-18)30-2)13-26(14-22(28)31-3)7-6-21(27)25-17-5-4-16(12-24)20(23)10-17/h4-5,8-11H,6-7,13-14H2,1-3H3,(H,25,27). The number of nitrogens with zero attached hydrogens (tertiary/aromatic N) is 2. The number of hydrogen-bond acceptors (Lipinski definition) is 7. The summed E-state index contributed by atoms with van der Waals surface area (Å²) in [7, 11) is 4.44. The Balaban J connectivity index is 2.05. The van der Waals surface area contributed by atoms with Crippen LogP contribution in [0.1, 0.15) is 17.5 Å². The van der Waals surface area contributed by atoms with E-state index in [4.69, 9.17) is 31.1 Å². The van der Waals surface area contributed by atoms with E-state index >= 15 is 0 Å². The first-order valence-electron chi connectivity index (χ1n) is 9.39. The van der Waals surface area contributed by atoms with Crippen LogP contribution in [0.15, 0.2) is 36.4 Å². The van der Waals surface area contributed by atoms with Gasteiger partial charge in [-0.05, 0) is 35.9 Å². The highest BCUT2D eigenvalue weighted by Gasteiger charge is 2.15. The lowest BCUT2D eigenvalue weighted by molar-refractivity contribution is -0.142. The minimum Gasteiger partial charge on any atom is -0.497 e. The van der Waals surface area contributed by atoms with Gasteiger partial charge in [-0.2, -0.15) is 5.26 Å². The zero-order chi connectivity index (χ0) is 22.8. The predicted molar refractivity (Wildman–Crippen MR) is 116 cm³/mol. The lowest BCUT2D eigenvalue weighted by atomic mass is 10.1. The summed E-state index contributed by atoms with van der Waals surface area (Å²) in [5.41, 5.74) is 1.68. The molecule has 9 heteroatoms. The molecule has 164 valence electrons. The van der Waals surface area contributed by atoms with Gasteiger partial charge in [0.15, 0.2) is 0 Å². The Morgan fingerprint density at radius 2 is 1.77 bits per heavy atom. The monoisotopic (exact) mass is 445 g/mol. The molecule has 0 saturated carbocycles. The molecule has 0 atom stereocenters. The molecule has 2 aromatic carbocycles. The molecule has 31 heavy (non-hydrogen) atoms. The number of hydrogen-bond donors (Lipinski definition) is 1. The summed E-state index contributed by atoms with van der Waals surface area (Å²) < 4.78 is 15.3. The van der Waals surface area contributed by atoms with Gasteiger partial charge in [0, 0.05) is 31.3 Å². The summed E-state index contributed by atoms with van der Waals surface area (Å²) in [4.78, 5) is 26.0. The molecule has 0 saturated heterocycles. The van der Waals surface area contributed by atoms with E-state index < -0.39 is 5.97 Å². The first kappa shape index (κ1) is 24.0. The largest absolute Gasteiger partial charge is 0.497 e. The van der Waals surface area contributed by atoms with Crippen LogP contribution in [0.3, 0.4) is 0 Å². The molecule has 0 unspecified atom stereocenters. The third-order valence-corrected chi connectivity index (χ3v) is 4.74. The van der Waals surface area contributed by atoms with E-state index in [2.05, 4.69) is 5.32 Å². The number of carbonyl (C=O) groups excluding carboxylic acids is 2. The fourth-order valence-electron chi connectivity index (χ4n) is 2.84. The second-order valence-corrected chi connectivity index (χ2v) is 7.02. The molecule has 0 bridgehead atoms. The van der Waals surface area contributed by atoms with Crippen molar-refractivity contribution in [3.05, 3.63) is 52.5 Å². The summed E-state index contributed by atoms with van der Waals surface area (Å²) in [5.74, 6) is 0.596. The Bertz CT molecular complexity index is 952. The van der Waals surface area contributed by atoms with E-state index in [-0.39, 0.29) is 23.9 Å². The van der Waals surface area contributed by atoms with E-state index in [9.17, 15) is 9.59 Å². The van der Waals surface area contributed by atoms with Gasteiger partial charge in [0.1, 0.15) is 17.6 Å². The number of carbonyl (C=O) groups is 2. The van der Waals surface area contributed by atoms with E-state index in [1.165, 1.54) is 19.2 Å². The van der Waals surface area contributed by atoms with E-state index in [1.54, 1.807) is 31.3 Å². The maximum absolute atomic E-state index is 12.4. The molecule has 0 fully saturated rings. The van der Waals surface area contributed by atoms with E-state index in [1.807, 2.05) is 18.2 Å². The van der Waals surface area contributed by atoms with Crippen LogP contribution in [-0.4, -0.2) is 51.2 Å². The van der Waals surface area contributed by atoms with Crippen LogP contribution in [0.2, 0.25) is 5.02 Å². The first-order valence-corrected chi connectivity index (χ1v) is 9.77. The van der Waals surface area contributed by atoms with Crippen molar-refractivity contribution in [2.75, 3.05) is 39.7 Å². The van der Waals surface area contributed by atoms with Crippen LogP contribution < -0.4 is 14.8 Å². The van der Waals surface area contributed by atoms with Gasteiger partial charge < -0.3 is 19.5 Å². The molecule has 0 spiro atoms. The van der Waals surface area contributed by atoms with Crippen LogP contribution in [0.25, 0.3) is 0 Å². The average Bonchev–Trinajstić information content (AvgIpc) is 2.77. The number of amides is 1. The van der Waals surface area contributed by atoms with Crippen molar-refractivity contribution < 1.29 is 23.8 Å². The Kier molecular flexibility index (Phi) is 9.13. The van der Waals surface area contributed by atoms with Gasteiger partial charge in [0.05, 0.1) is 38.5 Å². The minimum absolute atomic E-state index is 0.0198. The first-order chi connectivity index (χ1) is 14.9. The summed E-state index contributed by atoms with van der Waals surface area (Å²) in [6.07, 6.45) is 0.135. The zero-order valence-corrected chi connectivity index (χ0v) is 18.4. The second-order valence-electron chi connectivity index (χ2n) is 6.61. The third kappa shape index (κ3) is 7.48. The average molecular weight is 446 g/mol. The highest BCUT2D eigenvalue weighted by Crippen LogP contribution is 2.24. The Hall–Kier alpha value is -3.28. The molecule has 0 heterocycles. The van der Waals surface area contributed by atoms with Gasteiger partial charge in [0.2, 0.25) is 5.91 Å². The van der Waals surface area contributed by atoms with Crippen LogP contribution in [0.5, 0.6) is 11.5 Å². The molecule has 0 aromatic heterocycles. The highest BCUT2D eigenvalue weighted by atomic mass is 35.5. The normalized spacial score (nSPS) is 10.3. The van der Waals surface area contributed by atoms with Gasteiger partial charge in [-0.15, -0.1) is 0 Å². The van der Waals surface area contributed by atoms with Gasteiger partial charge in [0.25, 0.3) is 0 Å². The molecular weight excluding hydrogens is 422 g/mol. The summed E-state index contributed by atoms with van der Waals surface area (Å²) >= 11 is 6.00. The molecule has 1 amide bonds. The van der Waals surface area contributed by atoms with Crippen LogP contribution in [0, 0.1) is 11.3 Å². The molecule has 0 aliphatic heterocycles. The predicted octanol–water partition coefficient (Wildman–Crippen LogP) is 3.23. The maximum Gasteiger partial charge on any atom is 0.319 e. The molecule has 0 aliphatic carbocycles. The second kappa shape index (κ2) is 11.8. The molecule has 2 rings (SSSR count). The van der Waals surface area contributed by atoms with Gasteiger partial charge >= 0.3 is 5.97 Å². The van der Waals surface area contributed by atoms with Crippen molar-refractivity contribution in [3.63, 3.8) is 0 Å². The topological polar surface area (TPSA) is 101 Å². The lowest BCUT2D eigenvalue weighted by Gasteiger charge is -2.21. The number of benzene rings is 2. The van der Waals surface area contributed by atoms with Crippen LogP contribution >= 0.6 is 11.6 Å². The summed E-state index contributed by atoms with van der Waals surface area (Å²) in [5, 5.41) is 11.9. The number of anilines is 1. The number of esters is 1. The van der Waals surface area contributed by atoms with Gasteiger partial charge in [-0.1, -0.05) is 11.6 Å².